The van der Waals surface area contributed by atoms with E-state index >= 15 is 0 Å². The molecular formula is C28H44O. The Kier molecular flexibility index (Phi) is 5.69. The fraction of sp³-hybridized carbons (Fsp3) is 0.786. The van der Waals surface area contributed by atoms with Crippen molar-refractivity contribution in [2.75, 3.05) is 0 Å². The van der Waals surface area contributed by atoms with Crippen LogP contribution in [0.25, 0.3) is 0 Å². The Balaban J connectivity index is 1.57. The van der Waals surface area contributed by atoms with E-state index in [0.29, 0.717) is 22.7 Å². The van der Waals surface area contributed by atoms with E-state index in [2.05, 4.69) is 65.8 Å². The van der Waals surface area contributed by atoms with Crippen molar-refractivity contribution in [1.82, 2.24) is 0 Å². The maximum Gasteiger partial charge on any atom is 0.0578 e. The van der Waals surface area contributed by atoms with Crippen molar-refractivity contribution in [2.24, 2.45) is 46.3 Å². The molecule has 1 N–H and O–H groups in total. The highest BCUT2D eigenvalue weighted by Crippen LogP contribution is 2.65. The van der Waals surface area contributed by atoms with Crippen LogP contribution in [0.5, 0.6) is 0 Å². The predicted molar refractivity (Wildman–Crippen MR) is 123 cm³/mol. The molecule has 0 aliphatic heterocycles. The molecule has 8 atom stereocenters. The first-order valence-electron chi connectivity index (χ1n) is 12.4. The lowest BCUT2D eigenvalue weighted by molar-refractivity contribution is 0.0382. The third-order valence-electron chi connectivity index (χ3n) is 10.0. The van der Waals surface area contributed by atoms with Crippen molar-refractivity contribution in [3.8, 4) is 0 Å². The average molecular weight is 397 g/mol. The molecule has 0 heterocycles. The minimum Gasteiger partial charge on any atom is -0.393 e. The molecule has 0 spiro atoms. The Morgan fingerprint density at radius 1 is 0.931 bits per heavy atom. The van der Waals surface area contributed by atoms with Gasteiger partial charge in [-0.3, -0.25) is 0 Å². The van der Waals surface area contributed by atoms with Gasteiger partial charge in [0.2, 0.25) is 0 Å². The van der Waals surface area contributed by atoms with Gasteiger partial charge in [0.15, 0.2) is 0 Å². The van der Waals surface area contributed by atoms with Crippen LogP contribution in [0.2, 0.25) is 0 Å². The summed E-state index contributed by atoms with van der Waals surface area (Å²) in [5.41, 5.74) is 4.07. The van der Waals surface area contributed by atoms with Gasteiger partial charge in [-0.1, -0.05) is 77.0 Å². The molecule has 4 aliphatic rings. The number of aliphatic hydroxyl groups is 1. The summed E-state index contributed by atoms with van der Waals surface area (Å²) in [6.07, 6.45) is 18.4. The van der Waals surface area contributed by atoms with Crippen molar-refractivity contribution < 1.29 is 5.11 Å². The minimum atomic E-state index is -0.116. The smallest absolute Gasteiger partial charge is 0.0578 e. The molecule has 3 fully saturated rings. The Labute approximate surface area is 179 Å². The van der Waals surface area contributed by atoms with Crippen molar-refractivity contribution in [3.63, 3.8) is 0 Å². The van der Waals surface area contributed by atoms with Gasteiger partial charge in [0.25, 0.3) is 0 Å². The summed E-state index contributed by atoms with van der Waals surface area (Å²) in [5, 5.41) is 10.2. The maximum atomic E-state index is 10.2. The molecule has 1 nitrogen and oxygen atoms in total. The van der Waals surface area contributed by atoms with Gasteiger partial charge < -0.3 is 5.11 Å². The van der Waals surface area contributed by atoms with Gasteiger partial charge in [0.1, 0.15) is 0 Å². The molecule has 4 rings (SSSR count). The van der Waals surface area contributed by atoms with Gasteiger partial charge in [-0.05, 0) is 91.3 Å². The summed E-state index contributed by atoms with van der Waals surface area (Å²) >= 11 is 0. The van der Waals surface area contributed by atoms with Crippen LogP contribution < -0.4 is 0 Å². The van der Waals surface area contributed by atoms with Crippen LogP contribution in [0.4, 0.5) is 0 Å². The number of allylic oxidation sites excluding steroid dienone is 5. The van der Waals surface area contributed by atoms with E-state index in [0.717, 1.165) is 36.5 Å². The van der Waals surface area contributed by atoms with Gasteiger partial charge in [0.05, 0.1) is 6.10 Å². The third kappa shape index (κ3) is 3.50. The summed E-state index contributed by atoms with van der Waals surface area (Å²) < 4.78 is 0. The number of aliphatic hydroxyl groups excluding tert-OH is 1. The molecule has 0 aromatic heterocycles. The molecular weight excluding hydrogens is 352 g/mol. The highest BCUT2D eigenvalue weighted by atomic mass is 16.3. The first-order valence-corrected chi connectivity index (χ1v) is 12.4. The van der Waals surface area contributed by atoms with E-state index < -0.39 is 0 Å². The fourth-order valence-electron chi connectivity index (χ4n) is 7.59. The molecule has 162 valence electrons. The first-order chi connectivity index (χ1) is 13.7. The van der Waals surface area contributed by atoms with Crippen molar-refractivity contribution in [2.45, 2.75) is 92.6 Å². The maximum absolute atomic E-state index is 10.2. The van der Waals surface area contributed by atoms with Crippen LogP contribution in [-0.2, 0) is 0 Å². The summed E-state index contributed by atoms with van der Waals surface area (Å²) in [5.74, 6) is 4.38. The van der Waals surface area contributed by atoms with Crippen molar-refractivity contribution >= 4 is 0 Å². The average Bonchev–Trinajstić information content (AvgIpc) is 3.03. The largest absolute Gasteiger partial charge is 0.393 e. The van der Waals surface area contributed by atoms with E-state index in [4.69, 9.17) is 0 Å². The van der Waals surface area contributed by atoms with Crippen LogP contribution in [0.15, 0.2) is 35.5 Å². The molecule has 0 saturated heterocycles. The van der Waals surface area contributed by atoms with E-state index in [-0.39, 0.29) is 6.10 Å². The highest BCUT2D eigenvalue weighted by molar-refractivity contribution is 5.39. The molecule has 0 radical (unpaired) electrons. The molecule has 0 aromatic carbocycles. The quantitative estimate of drug-likeness (QED) is 0.493. The number of rotatable bonds is 4. The first kappa shape index (κ1) is 21.4. The zero-order valence-electron chi connectivity index (χ0n) is 19.7. The minimum absolute atomic E-state index is 0.116. The van der Waals surface area contributed by atoms with Gasteiger partial charge in [-0.15, -0.1) is 0 Å². The molecule has 4 aliphatic carbocycles. The highest BCUT2D eigenvalue weighted by Gasteiger charge is 2.56. The number of hydrogen-bond acceptors (Lipinski definition) is 1. The van der Waals surface area contributed by atoms with E-state index in [1.165, 1.54) is 37.7 Å². The molecule has 0 aromatic rings. The van der Waals surface area contributed by atoms with Crippen LogP contribution in [0.3, 0.4) is 0 Å². The Bertz CT molecular complexity index is 712. The second-order valence-electron chi connectivity index (χ2n) is 11.9. The lowest BCUT2D eigenvalue weighted by Crippen LogP contribution is -2.46. The van der Waals surface area contributed by atoms with Gasteiger partial charge in [0, 0.05) is 0 Å². The van der Waals surface area contributed by atoms with Crippen LogP contribution in [0, 0.1) is 46.3 Å². The fourth-order valence-corrected chi connectivity index (χ4v) is 7.59. The molecule has 0 amide bonds. The van der Waals surface area contributed by atoms with Crippen LogP contribution in [-0.4, -0.2) is 11.2 Å². The van der Waals surface area contributed by atoms with Crippen molar-refractivity contribution in [1.29, 1.82) is 0 Å². The van der Waals surface area contributed by atoms with Gasteiger partial charge in [-0.25, -0.2) is 0 Å². The second kappa shape index (κ2) is 7.70. The lowest BCUT2D eigenvalue weighted by atomic mass is 9.50. The Morgan fingerprint density at radius 3 is 2.41 bits per heavy atom. The predicted octanol–water partition coefficient (Wildman–Crippen LogP) is 7.33. The SMILES string of the molecule is CC(C)[C@@H](C)/C=C/[C@@H](C)[C@@H]1CC[C@H]2C3=CC=C4C[C@@H](O)CC[C@]4(C)[C@H]3CC[C@@]21C. The van der Waals surface area contributed by atoms with E-state index in [1.54, 1.807) is 5.57 Å². The van der Waals surface area contributed by atoms with E-state index in [9.17, 15) is 5.11 Å². The number of hydrogen-bond donors (Lipinski definition) is 1. The molecule has 3 saturated carbocycles. The molecule has 29 heavy (non-hydrogen) atoms. The normalized spacial score (nSPS) is 44.0. The summed E-state index contributed by atoms with van der Waals surface area (Å²) in [6.45, 7) is 14.6. The third-order valence-corrected chi connectivity index (χ3v) is 10.0. The second-order valence-corrected chi connectivity index (χ2v) is 11.9. The zero-order valence-corrected chi connectivity index (χ0v) is 19.7. The Morgan fingerprint density at radius 2 is 1.69 bits per heavy atom. The van der Waals surface area contributed by atoms with Crippen molar-refractivity contribution in [3.05, 3.63) is 35.5 Å². The van der Waals surface area contributed by atoms with Crippen LogP contribution in [0.1, 0.15) is 86.5 Å². The monoisotopic (exact) mass is 396 g/mol. The summed E-state index contributed by atoms with van der Waals surface area (Å²) in [4.78, 5) is 0. The number of fused-ring (bicyclic) bond motifs is 5. The van der Waals surface area contributed by atoms with Crippen LogP contribution >= 0.6 is 0 Å². The Hall–Kier alpha value is -0.820. The standard InChI is InChI=1S/C28H44O/c1-18(2)19(3)7-8-20(4)24-11-12-25-23-10-9-21-17-22(29)13-15-27(21,5)26(23)14-16-28(24,25)6/h7-10,18-20,22,24-26,29H,11-17H2,1-6H3/b8-7+/t19-,20+,22-,24-,25-,26-,27-,28+/m0/s1. The summed E-state index contributed by atoms with van der Waals surface area (Å²) in [7, 11) is 0. The molecule has 0 unspecified atom stereocenters. The molecule has 1 heteroatoms. The zero-order chi connectivity index (χ0) is 21.0. The topological polar surface area (TPSA) is 20.2 Å². The summed E-state index contributed by atoms with van der Waals surface area (Å²) in [6, 6.07) is 0. The van der Waals surface area contributed by atoms with Gasteiger partial charge in [-0.2, -0.15) is 0 Å². The van der Waals surface area contributed by atoms with E-state index in [1.807, 2.05) is 0 Å². The molecule has 0 bridgehead atoms. The lowest BCUT2D eigenvalue weighted by Gasteiger charge is -2.55. The van der Waals surface area contributed by atoms with Gasteiger partial charge >= 0.3 is 0 Å².